The molecule has 1 saturated carbocycles. The minimum atomic E-state index is 0.451. The van der Waals surface area contributed by atoms with Gasteiger partial charge in [0, 0.05) is 22.6 Å². The van der Waals surface area contributed by atoms with Gasteiger partial charge in [-0.25, -0.2) is 0 Å². The summed E-state index contributed by atoms with van der Waals surface area (Å²) in [6.45, 7) is 5.67. The van der Waals surface area contributed by atoms with Crippen molar-refractivity contribution in [3.63, 3.8) is 0 Å². The molecule has 0 heterocycles. The third-order valence-electron chi connectivity index (χ3n) is 3.48. The average Bonchev–Trinajstić information content (AvgIpc) is 3.14. The van der Waals surface area contributed by atoms with Gasteiger partial charge in [-0.15, -0.1) is 0 Å². The Balaban J connectivity index is 2.19. The van der Waals surface area contributed by atoms with Crippen molar-refractivity contribution in [2.45, 2.75) is 39.2 Å². The van der Waals surface area contributed by atoms with Crippen molar-refractivity contribution in [2.75, 3.05) is 11.4 Å². The second-order valence-electron chi connectivity index (χ2n) is 5.64. The topological polar surface area (TPSA) is 29.3 Å². The number of anilines is 1. The smallest absolute Gasteiger partial charge is 0.104 e. The van der Waals surface area contributed by atoms with Gasteiger partial charge in [0.1, 0.15) is 4.99 Å². The highest BCUT2D eigenvalue weighted by molar-refractivity contribution is 9.10. The Morgan fingerprint density at radius 3 is 2.63 bits per heavy atom. The SMILES string of the molecule is CC(C)CCN(c1ccc(C(N)=S)cc1Br)C1CC1. The maximum absolute atomic E-state index is 5.68. The molecule has 0 aromatic heterocycles. The van der Waals surface area contributed by atoms with Crippen molar-refractivity contribution in [3.8, 4) is 0 Å². The van der Waals surface area contributed by atoms with Crippen LogP contribution in [-0.2, 0) is 0 Å². The number of thiocarbonyl (C=S) groups is 1. The number of hydrogen-bond acceptors (Lipinski definition) is 2. The van der Waals surface area contributed by atoms with Crippen molar-refractivity contribution < 1.29 is 0 Å². The Kier molecular flexibility index (Phi) is 4.85. The zero-order valence-corrected chi connectivity index (χ0v) is 13.9. The molecule has 2 N–H and O–H groups in total. The van der Waals surface area contributed by atoms with Crippen molar-refractivity contribution >= 4 is 38.8 Å². The Morgan fingerprint density at radius 1 is 1.47 bits per heavy atom. The van der Waals surface area contributed by atoms with Crippen LogP contribution in [0.5, 0.6) is 0 Å². The number of nitrogens with zero attached hydrogens (tertiary/aromatic N) is 1. The monoisotopic (exact) mass is 340 g/mol. The fourth-order valence-corrected chi connectivity index (χ4v) is 2.91. The zero-order chi connectivity index (χ0) is 14.0. The fourth-order valence-electron chi connectivity index (χ4n) is 2.18. The van der Waals surface area contributed by atoms with Crippen LogP contribution < -0.4 is 10.6 Å². The molecule has 0 radical (unpaired) electrons. The largest absolute Gasteiger partial charge is 0.389 e. The summed E-state index contributed by atoms with van der Waals surface area (Å²) in [6.07, 6.45) is 3.84. The molecule has 1 aliphatic rings. The number of rotatable bonds is 6. The van der Waals surface area contributed by atoms with E-state index in [1.165, 1.54) is 24.9 Å². The molecule has 2 rings (SSSR count). The van der Waals surface area contributed by atoms with Gasteiger partial charge in [-0.2, -0.15) is 0 Å². The van der Waals surface area contributed by atoms with Crippen LogP contribution in [-0.4, -0.2) is 17.6 Å². The lowest BCUT2D eigenvalue weighted by Crippen LogP contribution is -2.28. The second-order valence-corrected chi connectivity index (χ2v) is 6.93. The van der Waals surface area contributed by atoms with Gasteiger partial charge in [0.25, 0.3) is 0 Å². The van der Waals surface area contributed by atoms with Crippen molar-refractivity contribution in [2.24, 2.45) is 11.7 Å². The average molecular weight is 341 g/mol. The molecule has 0 atom stereocenters. The summed E-state index contributed by atoms with van der Waals surface area (Å²) in [7, 11) is 0. The molecule has 2 nitrogen and oxygen atoms in total. The molecule has 1 fully saturated rings. The number of nitrogens with two attached hydrogens (primary N) is 1. The number of benzene rings is 1. The molecule has 1 aliphatic carbocycles. The van der Waals surface area contributed by atoms with Crippen LogP contribution in [0.15, 0.2) is 22.7 Å². The van der Waals surface area contributed by atoms with Crippen molar-refractivity contribution in [1.82, 2.24) is 0 Å². The minimum Gasteiger partial charge on any atom is -0.389 e. The Hall–Kier alpha value is -0.610. The third-order valence-corrected chi connectivity index (χ3v) is 4.35. The molecule has 0 aliphatic heterocycles. The van der Waals surface area contributed by atoms with Crippen LogP contribution in [0.3, 0.4) is 0 Å². The van der Waals surface area contributed by atoms with E-state index < -0.39 is 0 Å². The van der Waals surface area contributed by atoms with Crippen LogP contribution >= 0.6 is 28.1 Å². The molecule has 0 amide bonds. The third kappa shape index (κ3) is 3.93. The van der Waals surface area contributed by atoms with Gasteiger partial charge >= 0.3 is 0 Å². The van der Waals surface area contributed by atoms with Crippen molar-refractivity contribution in [1.29, 1.82) is 0 Å². The minimum absolute atomic E-state index is 0.451. The van der Waals surface area contributed by atoms with Gasteiger partial charge in [-0.3, -0.25) is 0 Å². The van der Waals surface area contributed by atoms with Crippen LogP contribution in [0, 0.1) is 5.92 Å². The summed E-state index contributed by atoms with van der Waals surface area (Å²) in [5.74, 6) is 0.732. The van der Waals surface area contributed by atoms with E-state index in [9.17, 15) is 0 Å². The molecule has 1 aromatic carbocycles. The summed E-state index contributed by atoms with van der Waals surface area (Å²) in [5, 5.41) is 0. The molecule has 0 saturated heterocycles. The summed E-state index contributed by atoms with van der Waals surface area (Å²) < 4.78 is 1.09. The van der Waals surface area contributed by atoms with E-state index in [1.807, 2.05) is 12.1 Å². The summed E-state index contributed by atoms with van der Waals surface area (Å²) >= 11 is 8.69. The van der Waals surface area contributed by atoms with E-state index in [2.05, 4.69) is 40.7 Å². The summed E-state index contributed by atoms with van der Waals surface area (Å²) in [6, 6.07) is 6.90. The quantitative estimate of drug-likeness (QED) is 0.790. The van der Waals surface area contributed by atoms with Gasteiger partial charge in [0.15, 0.2) is 0 Å². The molecule has 1 aromatic rings. The maximum Gasteiger partial charge on any atom is 0.104 e. The highest BCUT2D eigenvalue weighted by Crippen LogP contribution is 2.36. The summed E-state index contributed by atoms with van der Waals surface area (Å²) in [4.78, 5) is 2.97. The molecular weight excluding hydrogens is 320 g/mol. The Bertz CT molecular complexity index is 469. The van der Waals surface area contributed by atoms with E-state index in [-0.39, 0.29) is 0 Å². The fraction of sp³-hybridized carbons (Fsp3) is 0.533. The highest BCUT2D eigenvalue weighted by Gasteiger charge is 2.30. The first-order valence-corrected chi connectivity index (χ1v) is 8.05. The van der Waals surface area contributed by atoms with Gasteiger partial charge in [0.2, 0.25) is 0 Å². The predicted molar refractivity (Wildman–Crippen MR) is 89.9 cm³/mol. The standard InChI is InChI=1S/C15H21BrN2S/c1-10(2)7-8-18(12-4-5-12)14-6-3-11(15(17)19)9-13(14)16/h3,6,9-10,12H,4-5,7-8H2,1-2H3,(H2,17,19). The van der Waals surface area contributed by atoms with Gasteiger partial charge in [-0.1, -0.05) is 26.1 Å². The molecule has 104 valence electrons. The summed E-state index contributed by atoms with van der Waals surface area (Å²) in [5.41, 5.74) is 7.86. The van der Waals surface area contributed by atoms with E-state index in [0.29, 0.717) is 11.0 Å². The first-order chi connectivity index (χ1) is 8.99. The number of hydrogen-bond donors (Lipinski definition) is 1. The van der Waals surface area contributed by atoms with E-state index in [4.69, 9.17) is 18.0 Å². The van der Waals surface area contributed by atoms with Crippen LogP contribution in [0.1, 0.15) is 38.7 Å². The second kappa shape index (κ2) is 6.23. The Labute approximate surface area is 129 Å². The van der Waals surface area contributed by atoms with E-state index >= 15 is 0 Å². The predicted octanol–water partition coefficient (Wildman–Crippen LogP) is 4.10. The maximum atomic E-state index is 5.68. The van der Waals surface area contributed by atoms with Gasteiger partial charge in [-0.05, 0) is 59.3 Å². The lowest BCUT2D eigenvalue weighted by atomic mass is 10.1. The molecule has 19 heavy (non-hydrogen) atoms. The van der Waals surface area contributed by atoms with Gasteiger partial charge < -0.3 is 10.6 Å². The van der Waals surface area contributed by atoms with Gasteiger partial charge in [0.05, 0.1) is 5.69 Å². The zero-order valence-electron chi connectivity index (χ0n) is 11.5. The molecule has 0 unspecified atom stereocenters. The normalized spacial score (nSPS) is 14.7. The lowest BCUT2D eigenvalue weighted by Gasteiger charge is -2.27. The first-order valence-electron chi connectivity index (χ1n) is 6.85. The molecule has 0 spiro atoms. The highest BCUT2D eigenvalue weighted by atomic mass is 79.9. The molecule has 4 heteroatoms. The molecular formula is C15H21BrN2S. The number of halogens is 1. The van der Waals surface area contributed by atoms with Crippen LogP contribution in [0.2, 0.25) is 0 Å². The Morgan fingerprint density at radius 2 is 2.16 bits per heavy atom. The van der Waals surface area contributed by atoms with Crippen LogP contribution in [0.4, 0.5) is 5.69 Å². The van der Waals surface area contributed by atoms with E-state index in [0.717, 1.165) is 22.5 Å². The lowest BCUT2D eigenvalue weighted by molar-refractivity contribution is 0.570. The van der Waals surface area contributed by atoms with Crippen LogP contribution in [0.25, 0.3) is 0 Å². The molecule has 0 bridgehead atoms. The van der Waals surface area contributed by atoms with E-state index in [1.54, 1.807) is 0 Å². The van der Waals surface area contributed by atoms with Crippen molar-refractivity contribution in [3.05, 3.63) is 28.2 Å². The first kappa shape index (κ1) is 14.8.